The molecule has 0 aromatic rings. The quantitative estimate of drug-likeness (QED) is 0.0112. The zero-order valence-corrected chi connectivity index (χ0v) is 38.1. The fraction of sp³-hybridized carbons (Fsp3) is 0.705. The number of ketones is 1. The SMILES string of the molecule is CCCCC/C=C\C/C=C\C/C=C\C=C\C(=O)CCCC(=O)O[C@H](COC(=O)CCCCCCC/C=C\CCCCCCCC)COP(=O)(O)OC[C@@H](O)COP(=O)(O)O. The standard InChI is InChI=1S/C44H76O14P2/c1-3-5-7-9-11-13-15-17-18-20-22-24-26-28-30-34-43(47)54-38-42(39-57-60(52,53)56-37-41(46)36-55-59(49,50)51)58-44(48)35-31-33-40(45)32-29-27-25-23-21-19-16-14-12-10-8-6-4-2/h12,14,17-19,21,25,27,29,32,41-42,46H,3-11,13,15-16,20,22-24,26,28,30-31,33-39H2,1-2H3,(H,52,53)(H2,49,50,51)/b14-12-,18-17-,21-19-,27-25-,32-29+/t41-,42+/m0/s1. The van der Waals surface area contributed by atoms with Crippen LogP contribution in [-0.4, -0.2) is 76.1 Å². The van der Waals surface area contributed by atoms with Crippen LogP contribution in [-0.2, 0) is 46.6 Å². The van der Waals surface area contributed by atoms with Gasteiger partial charge in [-0.3, -0.25) is 28.0 Å². The fourth-order valence-corrected chi connectivity index (χ4v) is 6.63. The molecule has 0 radical (unpaired) electrons. The Morgan fingerprint density at radius 1 is 0.533 bits per heavy atom. The topological polar surface area (TPSA) is 212 Å². The number of unbranched alkanes of at least 4 members (excludes halogenated alkanes) is 14. The molecule has 0 spiro atoms. The van der Waals surface area contributed by atoms with E-state index in [1.54, 1.807) is 12.2 Å². The van der Waals surface area contributed by atoms with Gasteiger partial charge in [0.2, 0.25) is 0 Å². The van der Waals surface area contributed by atoms with Crippen molar-refractivity contribution in [3.05, 3.63) is 60.8 Å². The minimum atomic E-state index is -4.89. The molecule has 0 rings (SSSR count). The number of ether oxygens (including phenoxy) is 2. The molecule has 0 heterocycles. The van der Waals surface area contributed by atoms with E-state index in [4.69, 9.17) is 23.8 Å². The Balaban J connectivity index is 4.74. The first-order chi connectivity index (χ1) is 28.8. The van der Waals surface area contributed by atoms with Gasteiger partial charge >= 0.3 is 27.6 Å². The van der Waals surface area contributed by atoms with Crippen LogP contribution in [0.1, 0.15) is 162 Å². The maximum Gasteiger partial charge on any atom is 0.472 e. The number of carbonyl (C=O) groups excluding carboxylic acids is 3. The average Bonchev–Trinajstić information content (AvgIpc) is 3.20. The molecule has 4 N–H and O–H groups in total. The fourth-order valence-electron chi connectivity index (χ4n) is 5.47. The van der Waals surface area contributed by atoms with Crippen molar-refractivity contribution in [2.75, 3.05) is 26.4 Å². The van der Waals surface area contributed by atoms with Crippen LogP contribution in [0.2, 0.25) is 0 Å². The maximum absolute atomic E-state index is 12.6. The first kappa shape index (κ1) is 57.5. The Morgan fingerprint density at radius 3 is 1.68 bits per heavy atom. The predicted octanol–water partition coefficient (Wildman–Crippen LogP) is 10.4. The van der Waals surface area contributed by atoms with Crippen LogP contribution in [0.5, 0.6) is 0 Å². The lowest BCUT2D eigenvalue weighted by Gasteiger charge is -2.20. The van der Waals surface area contributed by atoms with E-state index >= 15 is 0 Å². The number of rotatable bonds is 41. The molecule has 0 aliphatic carbocycles. The molecule has 0 aliphatic rings. The van der Waals surface area contributed by atoms with Gasteiger partial charge in [-0.05, 0) is 70.3 Å². The molecular weight excluding hydrogens is 814 g/mol. The summed E-state index contributed by atoms with van der Waals surface area (Å²) in [4.78, 5) is 64.9. The van der Waals surface area contributed by atoms with Crippen molar-refractivity contribution in [3.63, 3.8) is 0 Å². The lowest BCUT2D eigenvalue weighted by atomic mass is 10.1. The first-order valence-electron chi connectivity index (χ1n) is 21.9. The normalized spacial score (nSPS) is 14.5. The van der Waals surface area contributed by atoms with Gasteiger partial charge in [0.05, 0.1) is 19.8 Å². The van der Waals surface area contributed by atoms with Crippen molar-refractivity contribution in [1.29, 1.82) is 0 Å². The number of hydrogen-bond donors (Lipinski definition) is 4. The smallest absolute Gasteiger partial charge is 0.462 e. The van der Waals surface area contributed by atoms with E-state index < -0.39 is 66.2 Å². The monoisotopic (exact) mass is 890 g/mol. The molecule has 0 fully saturated rings. The molecule has 0 aliphatic heterocycles. The number of allylic oxidation sites excluding steroid dienone is 10. The van der Waals surface area contributed by atoms with Crippen molar-refractivity contribution in [2.45, 2.75) is 174 Å². The highest BCUT2D eigenvalue weighted by atomic mass is 31.2. The summed E-state index contributed by atoms with van der Waals surface area (Å²) in [6, 6.07) is 0. The highest BCUT2D eigenvalue weighted by molar-refractivity contribution is 7.47. The summed E-state index contributed by atoms with van der Waals surface area (Å²) in [5.74, 6) is -1.49. The van der Waals surface area contributed by atoms with E-state index in [1.165, 1.54) is 63.9 Å². The van der Waals surface area contributed by atoms with E-state index in [0.717, 1.165) is 57.8 Å². The van der Waals surface area contributed by atoms with Gasteiger partial charge in [-0.15, -0.1) is 0 Å². The van der Waals surface area contributed by atoms with E-state index in [9.17, 15) is 33.5 Å². The molecule has 0 saturated heterocycles. The molecular formula is C44H76O14P2. The number of phosphoric ester groups is 2. The second kappa shape index (κ2) is 39.3. The molecule has 0 saturated carbocycles. The summed E-state index contributed by atoms with van der Waals surface area (Å²) in [5.41, 5.74) is 0. The zero-order valence-electron chi connectivity index (χ0n) is 36.3. The van der Waals surface area contributed by atoms with E-state index in [-0.39, 0.29) is 31.5 Å². The van der Waals surface area contributed by atoms with Crippen LogP contribution in [0.4, 0.5) is 0 Å². The third-order valence-corrected chi connectivity index (χ3v) is 10.3. The van der Waals surface area contributed by atoms with Gasteiger partial charge in [0.15, 0.2) is 11.9 Å². The first-order valence-corrected chi connectivity index (χ1v) is 25.0. The Labute approximate surface area is 359 Å². The third kappa shape index (κ3) is 42.2. The van der Waals surface area contributed by atoms with Crippen LogP contribution in [0, 0.1) is 0 Å². The molecule has 346 valence electrons. The van der Waals surface area contributed by atoms with Crippen LogP contribution in [0.3, 0.4) is 0 Å². The van der Waals surface area contributed by atoms with Crippen molar-refractivity contribution in [1.82, 2.24) is 0 Å². The predicted molar refractivity (Wildman–Crippen MR) is 235 cm³/mol. The molecule has 0 aromatic carbocycles. The number of esters is 2. The van der Waals surface area contributed by atoms with Gasteiger partial charge < -0.3 is 29.3 Å². The Kier molecular flexibility index (Phi) is 37.7. The molecule has 0 aromatic heterocycles. The zero-order chi connectivity index (χ0) is 44.6. The number of phosphoric acid groups is 2. The highest BCUT2D eigenvalue weighted by Crippen LogP contribution is 2.43. The van der Waals surface area contributed by atoms with Crippen LogP contribution in [0.15, 0.2) is 60.8 Å². The van der Waals surface area contributed by atoms with Gasteiger partial charge in [-0.25, -0.2) is 9.13 Å². The molecule has 1 unspecified atom stereocenters. The van der Waals surface area contributed by atoms with E-state index in [1.807, 2.05) is 6.08 Å². The van der Waals surface area contributed by atoms with Gasteiger partial charge in [-0.2, -0.15) is 0 Å². The van der Waals surface area contributed by atoms with Gasteiger partial charge in [0, 0.05) is 19.3 Å². The summed E-state index contributed by atoms with van der Waals surface area (Å²) < 4.78 is 47.5. The Hall–Kier alpha value is -2.51. The molecule has 0 amide bonds. The summed E-state index contributed by atoms with van der Waals surface area (Å²) in [6.07, 6.45) is 37.9. The Morgan fingerprint density at radius 2 is 1.03 bits per heavy atom. The number of aliphatic hydroxyl groups is 1. The van der Waals surface area contributed by atoms with Crippen LogP contribution < -0.4 is 0 Å². The molecule has 60 heavy (non-hydrogen) atoms. The van der Waals surface area contributed by atoms with Gasteiger partial charge in [-0.1, -0.05) is 133 Å². The van der Waals surface area contributed by atoms with Gasteiger partial charge in [0.1, 0.15) is 12.7 Å². The minimum absolute atomic E-state index is 0.0732. The number of carbonyl (C=O) groups is 3. The lowest BCUT2D eigenvalue weighted by Crippen LogP contribution is -2.30. The summed E-state index contributed by atoms with van der Waals surface area (Å²) in [5, 5.41) is 9.74. The lowest BCUT2D eigenvalue weighted by molar-refractivity contribution is -0.161. The Bertz CT molecular complexity index is 1350. The maximum atomic E-state index is 12.6. The summed E-state index contributed by atoms with van der Waals surface area (Å²) >= 11 is 0. The highest BCUT2D eigenvalue weighted by Gasteiger charge is 2.28. The average molecular weight is 891 g/mol. The number of aliphatic hydroxyl groups excluding tert-OH is 1. The van der Waals surface area contributed by atoms with Crippen molar-refractivity contribution in [2.24, 2.45) is 0 Å². The van der Waals surface area contributed by atoms with Crippen molar-refractivity contribution >= 4 is 33.4 Å². The van der Waals surface area contributed by atoms with E-state index in [0.29, 0.717) is 6.42 Å². The molecule has 14 nitrogen and oxygen atoms in total. The largest absolute Gasteiger partial charge is 0.472 e. The molecule has 16 heteroatoms. The van der Waals surface area contributed by atoms with Crippen molar-refractivity contribution in [3.8, 4) is 0 Å². The summed E-state index contributed by atoms with van der Waals surface area (Å²) in [6.45, 7) is 1.44. The summed E-state index contributed by atoms with van der Waals surface area (Å²) in [7, 11) is -9.77. The second-order valence-electron chi connectivity index (χ2n) is 14.6. The molecule has 3 atom stereocenters. The molecule has 0 bridgehead atoms. The van der Waals surface area contributed by atoms with Gasteiger partial charge in [0.25, 0.3) is 0 Å². The van der Waals surface area contributed by atoms with Crippen molar-refractivity contribution < 1.29 is 66.3 Å². The minimum Gasteiger partial charge on any atom is -0.462 e. The second-order valence-corrected chi connectivity index (χ2v) is 17.3. The van der Waals surface area contributed by atoms with E-state index in [2.05, 4.69) is 59.4 Å². The van der Waals surface area contributed by atoms with Crippen LogP contribution in [0.25, 0.3) is 0 Å². The number of hydrogen-bond acceptors (Lipinski definition) is 11. The third-order valence-electron chi connectivity index (χ3n) is 8.85. The van der Waals surface area contributed by atoms with Crippen LogP contribution >= 0.6 is 15.6 Å².